The molecule has 0 aromatic carbocycles. The first-order valence-electron chi connectivity index (χ1n) is 8.63. The Morgan fingerprint density at radius 1 is 0.333 bits per heavy atom. The normalized spacial score (nSPS) is 17.1. The van der Waals surface area contributed by atoms with Crippen molar-refractivity contribution in [3.05, 3.63) is 0 Å². The van der Waals surface area contributed by atoms with E-state index in [1.165, 1.54) is 0 Å². The topological polar surface area (TPSA) is 54.4 Å². The molecule has 0 heterocycles. The van der Waals surface area contributed by atoms with Crippen LogP contribution in [0, 0.1) is 0 Å². The fourth-order valence-corrected chi connectivity index (χ4v) is 2.94. The zero-order chi connectivity index (χ0) is 35.2. The van der Waals surface area contributed by atoms with Crippen molar-refractivity contribution in [2.45, 2.75) is 71.3 Å². The van der Waals surface area contributed by atoms with E-state index in [2.05, 4.69) is 0 Å². The van der Waals surface area contributed by atoms with Crippen LogP contribution in [0.4, 0.5) is 110 Å². The maximum absolute atomic E-state index is 13.6. The predicted octanol–water partition coefficient (Wildman–Crippen LogP) is 7.42. The third kappa shape index (κ3) is 4.95. The monoisotopic (exact) mass is 714 g/mol. The van der Waals surface area contributed by atoms with Gasteiger partial charge in [0.05, 0.1) is 0 Å². The molecule has 0 radical (unpaired) electrons. The second kappa shape index (κ2) is 9.58. The summed E-state index contributed by atoms with van der Waals surface area (Å²) in [6, 6.07) is 0. The highest BCUT2D eigenvalue weighted by atomic mass is 32.2. The van der Waals surface area contributed by atoms with E-state index in [0.717, 1.165) is 0 Å². The van der Waals surface area contributed by atoms with Gasteiger partial charge in [0.25, 0.3) is 10.1 Å². The maximum Gasteiger partial charge on any atom is 0.460 e. The van der Waals surface area contributed by atoms with E-state index in [1.54, 1.807) is 0 Å². The van der Waals surface area contributed by atoms with Gasteiger partial charge in [-0.25, -0.2) is 0 Å². The number of rotatable bonds is 12. The van der Waals surface area contributed by atoms with Crippen molar-refractivity contribution in [1.82, 2.24) is 0 Å². The van der Waals surface area contributed by atoms with Gasteiger partial charge in [-0.1, -0.05) is 0 Å². The quantitative estimate of drug-likeness (QED) is 0.169. The maximum atomic E-state index is 13.6. The van der Waals surface area contributed by atoms with Gasteiger partial charge in [0.1, 0.15) is 5.75 Å². The minimum Gasteiger partial charge on any atom is -0.285 e. The van der Waals surface area contributed by atoms with Crippen LogP contribution in [0.2, 0.25) is 0 Å². The van der Waals surface area contributed by atoms with Crippen molar-refractivity contribution < 1.29 is 123 Å². The third-order valence-corrected chi connectivity index (χ3v) is 5.46. The molecule has 0 fully saturated rings. The molecular formula is C13H3F25O3S. The summed E-state index contributed by atoms with van der Waals surface area (Å²) in [5.74, 6) is -105. The highest BCUT2D eigenvalue weighted by molar-refractivity contribution is 7.85. The Labute approximate surface area is 211 Å². The number of halogens is 25. The number of hydrogen-bond donors (Lipinski definition) is 1. The van der Waals surface area contributed by atoms with Crippen LogP contribution in [0.1, 0.15) is 0 Å². The Hall–Kier alpha value is -1.84. The molecule has 0 unspecified atom stereocenters. The average molecular weight is 714 g/mol. The Morgan fingerprint density at radius 2 is 0.500 bits per heavy atom. The van der Waals surface area contributed by atoms with Crippen LogP contribution in [0.15, 0.2) is 0 Å². The molecule has 0 saturated carbocycles. The molecular weight excluding hydrogens is 711 g/mol. The van der Waals surface area contributed by atoms with Crippen molar-refractivity contribution >= 4 is 10.1 Å². The Balaban J connectivity index is 7.38. The van der Waals surface area contributed by atoms with Gasteiger partial charge in [0.2, 0.25) is 0 Å². The lowest BCUT2D eigenvalue weighted by Crippen LogP contribution is -2.78. The van der Waals surface area contributed by atoms with Gasteiger partial charge in [-0.05, 0) is 0 Å². The summed E-state index contributed by atoms with van der Waals surface area (Å²) in [7, 11) is -6.79. The highest BCUT2D eigenvalue weighted by Gasteiger charge is 2.99. The van der Waals surface area contributed by atoms with Gasteiger partial charge >= 0.3 is 71.3 Å². The highest BCUT2D eigenvalue weighted by Crippen LogP contribution is 2.67. The van der Waals surface area contributed by atoms with Crippen molar-refractivity contribution in [1.29, 1.82) is 0 Å². The molecule has 0 aromatic heterocycles. The summed E-state index contributed by atoms with van der Waals surface area (Å²) in [4.78, 5) is 0. The lowest BCUT2D eigenvalue weighted by atomic mass is 9.84. The summed E-state index contributed by atoms with van der Waals surface area (Å²) < 4.78 is 357. The standard InChI is InChI=1S/C13H3F25O3S/c14-2(15,1-42(39,40)41)3(16,17)4(18,19)5(20,21)6(22,23)7(24,25)8(26,27)9(28,29)10(30,31)11(32,33)12(34,35)13(36,37)38/h1H2,(H,39,40,41). The van der Waals surface area contributed by atoms with Crippen LogP contribution in [-0.4, -0.2) is 90.0 Å². The molecule has 3 nitrogen and oxygen atoms in total. The first-order chi connectivity index (χ1) is 17.5. The molecule has 0 spiro atoms. The summed E-state index contributed by atoms with van der Waals surface area (Å²) >= 11 is 0. The van der Waals surface area contributed by atoms with Crippen LogP contribution in [0.5, 0.6) is 0 Å². The first-order valence-corrected chi connectivity index (χ1v) is 10.2. The van der Waals surface area contributed by atoms with Crippen molar-refractivity contribution in [3.63, 3.8) is 0 Å². The fourth-order valence-electron chi connectivity index (χ4n) is 2.30. The minimum absolute atomic E-state index is 4.20. The summed E-state index contributed by atoms with van der Waals surface area (Å²) in [6.07, 6.45) is -8.22. The summed E-state index contributed by atoms with van der Waals surface area (Å²) in [5, 5.41) is 0. The molecule has 0 saturated heterocycles. The van der Waals surface area contributed by atoms with Gasteiger partial charge in [0, 0.05) is 0 Å². The molecule has 29 heteroatoms. The number of hydrogen-bond acceptors (Lipinski definition) is 2. The fraction of sp³-hybridized carbons (Fsp3) is 1.00. The van der Waals surface area contributed by atoms with Crippen LogP contribution in [0.25, 0.3) is 0 Å². The Morgan fingerprint density at radius 3 is 0.667 bits per heavy atom. The van der Waals surface area contributed by atoms with Crippen LogP contribution in [-0.2, 0) is 10.1 Å². The average Bonchev–Trinajstić information content (AvgIpc) is 2.69. The lowest BCUT2D eigenvalue weighted by Gasteiger charge is -2.45. The third-order valence-electron chi connectivity index (χ3n) is 4.73. The Bertz CT molecular complexity index is 1110. The molecule has 0 aliphatic carbocycles. The molecule has 42 heavy (non-hydrogen) atoms. The van der Waals surface area contributed by atoms with Gasteiger partial charge in [-0.2, -0.15) is 118 Å². The van der Waals surface area contributed by atoms with E-state index < -0.39 is 87.2 Å². The molecule has 0 aliphatic heterocycles. The van der Waals surface area contributed by atoms with Gasteiger partial charge in [-0.3, -0.25) is 4.55 Å². The molecule has 254 valence electrons. The van der Waals surface area contributed by atoms with E-state index in [1.807, 2.05) is 0 Å². The van der Waals surface area contributed by atoms with Crippen LogP contribution >= 0.6 is 0 Å². The van der Waals surface area contributed by atoms with E-state index in [4.69, 9.17) is 4.55 Å². The molecule has 0 bridgehead atoms. The molecule has 0 rings (SSSR count). The SMILES string of the molecule is O=S(=O)(O)CC(F)(F)C(F)(F)C(F)(F)C(F)(F)C(F)(F)C(F)(F)C(F)(F)C(F)(F)C(F)(F)C(F)(F)C(F)(F)C(F)(F)F. The number of alkyl halides is 25. The van der Waals surface area contributed by atoms with Gasteiger partial charge < -0.3 is 0 Å². The van der Waals surface area contributed by atoms with Gasteiger partial charge in [0.15, 0.2) is 0 Å². The summed E-state index contributed by atoms with van der Waals surface area (Å²) in [5.41, 5.74) is 0. The van der Waals surface area contributed by atoms with Crippen molar-refractivity contribution in [2.75, 3.05) is 5.75 Å². The second-order valence-corrected chi connectivity index (χ2v) is 9.12. The van der Waals surface area contributed by atoms with E-state index in [0.29, 0.717) is 0 Å². The molecule has 1 N–H and O–H groups in total. The lowest BCUT2D eigenvalue weighted by molar-refractivity contribution is -0.481. The molecule has 0 aromatic rings. The predicted molar refractivity (Wildman–Crippen MR) is 76.9 cm³/mol. The Kier molecular flexibility index (Phi) is 9.16. The zero-order valence-corrected chi connectivity index (χ0v) is 18.6. The van der Waals surface area contributed by atoms with Crippen LogP contribution < -0.4 is 0 Å². The van der Waals surface area contributed by atoms with E-state index in [-0.39, 0.29) is 0 Å². The molecule has 0 atom stereocenters. The minimum atomic E-state index is -9.71. The van der Waals surface area contributed by atoms with Crippen LogP contribution in [0.3, 0.4) is 0 Å². The van der Waals surface area contributed by atoms with Gasteiger partial charge in [-0.15, -0.1) is 0 Å². The summed E-state index contributed by atoms with van der Waals surface area (Å²) in [6.45, 7) is 0. The van der Waals surface area contributed by atoms with E-state index in [9.17, 15) is 118 Å². The molecule has 0 aliphatic rings. The van der Waals surface area contributed by atoms with E-state index >= 15 is 0 Å². The second-order valence-electron chi connectivity index (χ2n) is 7.67. The van der Waals surface area contributed by atoms with Crippen molar-refractivity contribution in [2.24, 2.45) is 0 Å². The zero-order valence-electron chi connectivity index (χ0n) is 17.8. The smallest absolute Gasteiger partial charge is 0.285 e. The van der Waals surface area contributed by atoms with Crippen molar-refractivity contribution in [3.8, 4) is 0 Å². The first kappa shape index (κ1) is 40.2. The largest absolute Gasteiger partial charge is 0.460 e. The molecule has 0 amide bonds.